The second kappa shape index (κ2) is 10.0. The molecular formula is C24H27F3N6O4. The average molecular weight is 521 g/mol. The molecule has 198 valence electrons. The molecule has 2 amide bonds. The van der Waals surface area contributed by atoms with Gasteiger partial charge in [0.25, 0.3) is 0 Å². The third-order valence-electron chi connectivity index (χ3n) is 6.77. The van der Waals surface area contributed by atoms with Crippen LogP contribution in [0.4, 0.5) is 18.9 Å². The van der Waals surface area contributed by atoms with Crippen molar-refractivity contribution in [1.29, 1.82) is 0 Å². The minimum absolute atomic E-state index is 0.115. The average Bonchev–Trinajstić information content (AvgIpc) is 3.52. The van der Waals surface area contributed by atoms with E-state index in [2.05, 4.69) is 20.3 Å². The van der Waals surface area contributed by atoms with Gasteiger partial charge in [0.1, 0.15) is 18.1 Å². The number of pyridine rings is 1. The number of aromatic nitrogens is 3. The topological polar surface area (TPSA) is 110 Å². The highest BCUT2D eigenvalue weighted by Gasteiger charge is 2.38. The van der Waals surface area contributed by atoms with Crippen molar-refractivity contribution in [3.8, 4) is 11.8 Å². The van der Waals surface area contributed by atoms with Gasteiger partial charge in [0.15, 0.2) is 6.23 Å². The number of hydrogen-bond acceptors (Lipinski definition) is 8. The minimum atomic E-state index is -4.55. The molecular weight excluding hydrogens is 493 g/mol. The summed E-state index contributed by atoms with van der Waals surface area (Å²) < 4.78 is 52.0. The van der Waals surface area contributed by atoms with Crippen LogP contribution in [0.25, 0.3) is 0 Å². The molecule has 0 aromatic carbocycles. The van der Waals surface area contributed by atoms with Gasteiger partial charge in [0, 0.05) is 38.5 Å². The molecule has 0 saturated carbocycles. The molecule has 0 bridgehead atoms. The lowest BCUT2D eigenvalue weighted by molar-refractivity contribution is -0.139. The highest BCUT2D eigenvalue weighted by atomic mass is 19.4. The number of rotatable bonds is 6. The number of fused-ring (bicyclic) bond motifs is 1. The van der Waals surface area contributed by atoms with Gasteiger partial charge in [-0.1, -0.05) is 0 Å². The van der Waals surface area contributed by atoms with E-state index >= 15 is 0 Å². The summed E-state index contributed by atoms with van der Waals surface area (Å²) in [5.74, 6) is 0.0713. The summed E-state index contributed by atoms with van der Waals surface area (Å²) in [6.07, 6.45) is -0.390. The van der Waals surface area contributed by atoms with Crippen molar-refractivity contribution in [2.24, 2.45) is 0 Å². The number of halogens is 3. The number of nitrogens with zero attached hydrogens (tertiary/aromatic N) is 5. The van der Waals surface area contributed by atoms with Crippen LogP contribution in [0.1, 0.15) is 49.4 Å². The Labute approximate surface area is 211 Å². The molecule has 1 N–H and O–H groups in total. The predicted octanol–water partition coefficient (Wildman–Crippen LogP) is 2.46. The van der Waals surface area contributed by atoms with Crippen molar-refractivity contribution >= 4 is 17.5 Å². The van der Waals surface area contributed by atoms with E-state index in [1.54, 1.807) is 16.7 Å². The van der Waals surface area contributed by atoms with Gasteiger partial charge in [-0.15, -0.1) is 0 Å². The van der Waals surface area contributed by atoms with Crippen LogP contribution < -0.4 is 19.7 Å². The molecule has 0 radical (unpaired) electrons. The summed E-state index contributed by atoms with van der Waals surface area (Å²) in [6.45, 7) is 3.08. The third-order valence-corrected chi connectivity index (χ3v) is 6.77. The van der Waals surface area contributed by atoms with Gasteiger partial charge in [-0.25, -0.2) is 15.0 Å². The van der Waals surface area contributed by atoms with Gasteiger partial charge in [0.05, 0.1) is 30.0 Å². The molecule has 2 aromatic rings. The first-order valence-corrected chi connectivity index (χ1v) is 12.3. The molecule has 2 atom stereocenters. The fraction of sp³-hybridized carbons (Fsp3) is 0.542. The number of alkyl halides is 3. The lowest BCUT2D eigenvalue weighted by Gasteiger charge is -2.33. The Morgan fingerprint density at radius 3 is 2.73 bits per heavy atom. The standard InChI is InChI=1S/C24H27F3N6O4/c1-2-36-22-18(10-14(11-28-22)24(25,26)27)32-9-7-16-15(12-32)21(30-13-29-16)37-20-4-3-8-33(20)23(35)17-5-6-19(34)31-17/h10-11,13,17,20H,2-9,12H2,1H3,(H,31,34). The summed E-state index contributed by atoms with van der Waals surface area (Å²) in [4.78, 5) is 40.5. The van der Waals surface area contributed by atoms with Crippen LogP contribution in [0.15, 0.2) is 18.6 Å². The summed E-state index contributed by atoms with van der Waals surface area (Å²) in [6, 6.07) is 0.484. The summed E-state index contributed by atoms with van der Waals surface area (Å²) in [5.41, 5.74) is 0.739. The van der Waals surface area contributed by atoms with Crippen LogP contribution >= 0.6 is 0 Å². The van der Waals surface area contributed by atoms with E-state index in [4.69, 9.17) is 9.47 Å². The maximum Gasteiger partial charge on any atom is 0.417 e. The number of anilines is 1. The Kier molecular flexibility index (Phi) is 6.78. The Bertz CT molecular complexity index is 1190. The fourth-order valence-electron chi connectivity index (χ4n) is 4.93. The van der Waals surface area contributed by atoms with Crippen molar-refractivity contribution < 1.29 is 32.2 Å². The molecule has 3 aliphatic rings. The second-order valence-corrected chi connectivity index (χ2v) is 9.16. The van der Waals surface area contributed by atoms with Crippen LogP contribution in [-0.2, 0) is 28.7 Å². The molecule has 3 aliphatic heterocycles. The third kappa shape index (κ3) is 5.12. The first-order chi connectivity index (χ1) is 17.7. The molecule has 0 spiro atoms. The van der Waals surface area contributed by atoms with Crippen molar-refractivity contribution in [2.45, 2.75) is 64.0 Å². The van der Waals surface area contributed by atoms with Gasteiger partial charge in [-0.3, -0.25) is 9.59 Å². The first kappa shape index (κ1) is 25.0. The first-order valence-electron chi connectivity index (χ1n) is 12.3. The molecule has 5 heterocycles. The van der Waals surface area contributed by atoms with E-state index in [-0.39, 0.29) is 42.4 Å². The van der Waals surface area contributed by atoms with E-state index in [1.165, 1.54) is 6.33 Å². The number of likely N-dealkylation sites (tertiary alicyclic amines) is 1. The highest BCUT2D eigenvalue weighted by molar-refractivity contribution is 5.91. The minimum Gasteiger partial charge on any atom is -0.476 e. The van der Waals surface area contributed by atoms with Crippen LogP contribution in [-0.4, -0.2) is 63.6 Å². The summed E-state index contributed by atoms with van der Waals surface area (Å²) >= 11 is 0. The van der Waals surface area contributed by atoms with Gasteiger partial charge in [-0.05, 0) is 25.8 Å². The number of amides is 2. The lowest BCUT2D eigenvalue weighted by Crippen LogP contribution is -2.48. The van der Waals surface area contributed by atoms with E-state index in [0.29, 0.717) is 44.3 Å². The van der Waals surface area contributed by atoms with Gasteiger partial charge in [0.2, 0.25) is 23.6 Å². The Balaban J connectivity index is 1.39. The summed E-state index contributed by atoms with van der Waals surface area (Å²) in [7, 11) is 0. The fourth-order valence-corrected chi connectivity index (χ4v) is 4.93. The Morgan fingerprint density at radius 1 is 1.16 bits per heavy atom. The largest absolute Gasteiger partial charge is 0.476 e. The number of ether oxygens (including phenoxy) is 2. The number of carbonyl (C=O) groups is 2. The van der Waals surface area contributed by atoms with E-state index < -0.39 is 24.0 Å². The Hall–Kier alpha value is -3.64. The van der Waals surface area contributed by atoms with Crippen LogP contribution in [0.5, 0.6) is 11.8 Å². The number of nitrogens with one attached hydrogen (secondary N) is 1. The zero-order valence-corrected chi connectivity index (χ0v) is 20.3. The van der Waals surface area contributed by atoms with E-state index in [0.717, 1.165) is 24.4 Å². The molecule has 10 nitrogen and oxygen atoms in total. The number of hydrogen-bond donors (Lipinski definition) is 1. The second-order valence-electron chi connectivity index (χ2n) is 9.16. The van der Waals surface area contributed by atoms with Crippen molar-refractivity contribution in [1.82, 2.24) is 25.2 Å². The predicted molar refractivity (Wildman–Crippen MR) is 124 cm³/mol. The van der Waals surface area contributed by atoms with Crippen molar-refractivity contribution in [2.75, 3.05) is 24.6 Å². The molecule has 2 unspecified atom stereocenters. The zero-order valence-electron chi connectivity index (χ0n) is 20.3. The smallest absolute Gasteiger partial charge is 0.417 e. The highest BCUT2D eigenvalue weighted by Crippen LogP contribution is 2.38. The maximum atomic E-state index is 13.4. The SMILES string of the molecule is CCOc1ncc(C(F)(F)F)cc1N1CCc2ncnc(OC3CCCN3C(=O)C3CCC(=O)N3)c2C1. The van der Waals surface area contributed by atoms with Gasteiger partial charge >= 0.3 is 6.18 Å². The Morgan fingerprint density at radius 2 is 2.00 bits per heavy atom. The van der Waals surface area contributed by atoms with E-state index in [9.17, 15) is 22.8 Å². The molecule has 13 heteroatoms. The monoisotopic (exact) mass is 520 g/mol. The van der Waals surface area contributed by atoms with Crippen LogP contribution in [0.2, 0.25) is 0 Å². The van der Waals surface area contributed by atoms with Gasteiger partial charge < -0.3 is 24.6 Å². The van der Waals surface area contributed by atoms with Crippen molar-refractivity contribution in [3.05, 3.63) is 35.4 Å². The summed E-state index contributed by atoms with van der Waals surface area (Å²) in [5, 5.41) is 2.70. The normalized spacial score (nSPS) is 21.6. The molecule has 37 heavy (non-hydrogen) atoms. The van der Waals surface area contributed by atoms with Gasteiger partial charge in [-0.2, -0.15) is 13.2 Å². The zero-order chi connectivity index (χ0) is 26.2. The quantitative estimate of drug-likeness (QED) is 0.619. The molecule has 0 aliphatic carbocycles. The van der Waals surface area contributed by atoms with Crippen molar-refractivity contribution in [3.63, 3.8) is 0 Å². The maximum absolute atomic E-state index is 13.4. The number of carbonyl (C=O) groups excluding carboxylic acids is 2. The van der Waals surface area contributed by atoms with E-state index in [1.807, 2.05) is 0 Å². The van der Waals surface area contributed by atoms with Crippen LogP contribution in [0.3, 0.4) is 0 Å². The molecule has 2 saturated heterocycles. The molecule has 2 aromatic heterocycles. The lowest BCUT2D eigenvalue weighted by atomic mass is 10.1. The molecule has 2 fully saturated rings. The van der Waals surface area contributed by atoms with Crippen LogP contribution in [0, 0.1) is 0 Å². The molecule has 5 rings (SSSR count).